The Morgan fingerprint density at radius 2 is 0.745 bits per heavy atom. The van der Waals surface area contributed by atoms with Crippen molar-refractivity contribution >= 4 is 43.1 Å². The second kappa shape index (κ2) is 12.1. The fourth-order valence-electron chi connectivity index (χ4n) is 9.43. The van der Waals surface area contributed by atoms with E-state index in [4.69, 9.17) is 0 Å². The van der Waals surface area contributed by atoms with Gasteiger partial charge in [-0.05, 0) is 140 Å². The average Bonchev–Trinajstić information content (AvgIpc) is 3.47. The molecule has 0 heteroatoms. The lowest BCUT2D eigenvalue weighted by Gasteiger charge is -2.23. The molecule has 10 aromatic rings. The number of benzene rings is 10. The van der Waals surface area contributed by atoms with E-state index in [0.29, 0.717) is 0 Å². The van der Waals surface area contributed by atoms with E-state index in [1.54, 1.807) is 0 Å². The van der Waals surface area contributed by atoms with Crippen LogP contribution in [0.1, 0.15) is 25.0 Å². The van der Waals surface area contributed by atoms with Gasteiger partial charge in [-0.1, -0.05) is 178 Å². The van der Waals surface area contributed by atoms with Gasteiger partial charge in [0.1, 0.15) is 0 Å². The molecule has 258 valence electrons. The summed E-state index contributed by atoms with van der Waals surface area (Å²) in [4.78, 5) is 0. The van der Waals surface area contributed by atoms with Crippen LogP contribution in [0.15, 0.2) is 194 Å². The van der Waals surface area contributed by atoms with Gasteiger partial charge < -0.3 is 0 Å². The molecule has 0 radical (unpaired) electrons. The van der Waals surface area contributed by atoms with Crippen molar-refractivity contribution < 1.29 is 0 Å². The maximum absolute atomic E-state index is 2.49. The van der Waals surface area contributed by atoms with Gasteiger partial charge in [0.2, 0.25) is 0 Å². The smallest absolute Gasteiger partial charge is 0.0159 e. The maximum Gasteiger partial charge on any atom is 0.0159 e. The number of rotatable bonds is 4. The quantitative estimate of drug-likeness (QED) is 0.161. The summed E-state index contributed by atoms with van der Waals surface area (Å²) in [6, 6.07) is 72.4. The van der Waals surface area contributed by atoms with Crippen LogP contribution >= 0.6 is 0 Å². The lowest BCUT2D eigenvalue weighted by molar-refractivity contribution is 0.660. The van der Waals surface area contributed by atoms with Crippen molar-refractivity contribution in [1.29, 1.82) is 0 Å². The van der Waals surface area contributed by atoms with Gasteiger partial charge in [-0.25, -0.2) is 0 Å². The van der Waals surface area contributed by atoms with Gasteiger partial charge in [-0.15, -0.1) is 0 Å². The zero-order valence-corrected chi connectivity index (χ0v) is 31.0. The molecular weight excluding hydrogens is 661 g/mol. The summed E-state index contributed by atoms with van der Waals surface area (Å²) in [5.74, 6) is 0. The van der Waals surface area contributed by atoms with Crippen LogP contribution in [0.3, 0.4) is 0 Å². The van der Waals surface area contributed by atoms with Gasteiger partial charge in [0.05, 0.1) is 0 Å². The average molecular weight is 699 g/mol. The molecule has 11 rings (SSSR count). The maximum atomic E-state index is 2.49. The molecule has 0 spiro atoms. The van der Waals surface area contributed by atoms with E-state index < -0.39 is 0 Å². The van der Waals surface area contributed by atoms with E-state index in [-0.39, 0.29) is 5.41 Å². The molecule has 0 fully saturated rings. The van der Waals surface area contributed by atoms with Gasteiger partial charge in [0.25, 0.3) is 0 Å². The van der Waals surface area contributed by atoms with Crippen LogP contribution in [-0.4, -0.2) is 0 Å². The molecule has 0 N–H and O–H groups in total. The van der Waals surface area contributed by atoms with Gasteiger partial charge >= 0.3 is 0 Å². The van der Waals surface area contributed by atoms with Crippen LogP contribution in [0.5, 0.6) is 0 Å². The highest BCUT2D eigenvalue weighted by Crippen LogP contribution is 2.51. The number of hydrogen-bond acceptors (Lipinski definition) is 0. The van der Waals surface area contributed by atoms with Gasteiger partial charge in [0, 0.05) is 5.41 Å². The zero-order valence-electron chi connectivity index (χ0n) is 31.0. The molecule has 0 atom stereocenters. The topological polar surface area (TPSA) is 0 Å². The van der Waals surface area contributed by atoms with Crippen molar-refractivity contribution in [2.24, 2.45) is 0 Å². The first-order valence-electron chi connectivity index (χ1n) is 19.3. The predicted molar refractivity (Wildman–Crippen MR) is 236 cm³/mol. The summed E-state index contributed by atoms with van der Waals surface area (Å²) in [5.41, 5.74) is 15.3. The second-order valence-corrected chi connectivity index (χ2v) is 15.7. The van der Waals surface area contributed by atoms with E-state index in [2.05, 4.69) is 208 Å². The minimum atomic E-state index is -0.0903. The summed E-state index contributed by atoms with van der Waals surface area (Å²) in [5, 5.41) is 10.1. The molecule has 0 aliphatic heterocycles. The molecule has 0 nitrogen and oxygen atoms in total. The minimum Gasteiger partial charge on any atom is -0.0619 e. The summed E-state index contributed by atoms with van der Waals surface area (Å²) in [6.45, 7) is 4.75. The number of hydrogen-bond donors (Lipinski definition) is 0. The highest BCUT2D eigenvalue weighted by atomic mass is 14.4. The largest absolute Gasteiger partial charge is 0.0619 e. The lowest BCUT2D eigenvalue weighted by Crippen LogP contribution is -2.14. The van der Waals surface area contributed by atoms with Crippen molar-refractivity contribution in [3.05, 3.63) is 205 Å². The van der Waals surface area contributed by atoms with Crippen LogP contribution in [0, 0.1) is 0 Å². The van der Waals surface area contributed by atoms with Gasteiger partial charge in [0.15, 0.2) is 0 Å². The van der Waals surface area contributed by atoms with Crippen LogP contribution in [-0.2, 0) is 5.41 Å². The minimum absolute atomic E-state index is 0.0903. The molecular formula is C55H38. The molecule has 1 aliphatic carbocycles. The van der Waals surface area contributed by atoms with Crippen LogP contribution in [0.25, 0.3) is 98.7 Å². The van der Waals surface area contributed by atoms with E-state index in [0.717, 1.165) is 0 Å². The zero-order chi connectivity index (χ0) is 36.7. The second-order valence-electron chi connectivity index (χ2n) is 15.7. The molecule has 0 saturated heterocycles. The molecule has 10 aromatic carbocycles. The normalized spacial score (nSPS) is 13.1. The Morgan fingerprint density at radius 3 is 1.45 bits per heavy atom. The van der Waals surface area contributed by atoms with Crippen molar-refractivity contribution in [3.63, 3.8) is 0 Å². The fourth-order valence-corrected chi connectivity index (χ4v) is 9.43. The first-order valence-corrected chi connectivity index (χ1v) is 19.3. The van der Waals surface area contributed by atoms with Gasteiger partial charge in [-0.2, -0.15) is 0 Å². The Kier molecular flexibility index (Phi) is 7.00. The molecule has 55 heavy (non-hydrogen) atoms. The molecule has 0 saturated carbocycles. The first-order chi connectivity index (χ1) is 27.0. The van der Waals surface area contributed by atoms with Crippen LogP contribution in [0.2, 0.25) is 0 Å². The number of fused-ring (bicyclic) bond motifs is 7. The molecule has 0 amide bonds. The monoisotopic (exact) mass is 698 g/mol. The summed E-state index contributed by atoms with van der Waals surface area (Å²) in [7, 11) is 0. The molecule has 0 bridgehead atoms. The van der Waals surface area contributed by atoms with Crippen LogP contribution in [0.4, 0.5) is 0 Å². The summed E-state index contributed by atoms with van der Waals surface area (Å²) in [6.07, 6.45) is 0. The van der Waals surface area contributed by atoms with Crippen molar-refractivity contribution in [2.75, 3.05) is 0 Å². The lowest BCUT2D eigenvalue weighted by atomic mass is 9.80. The van der Waals surface area contributed by atoms with Crippen molar-refractivity contribution in [3.8, 4) is 55.6 Å². The van der Waals surface area contributed by atoms with Crippen molar-refractivity contribution in [2.45, 2.75) is 19.3 Å². The fraction of sp³-hybridized carbons (Fsp3) is 0.0545. The van der Waals surface area contributed by atoms with E-state index in [1.807, 2.05) is 0 Å². The van der Waals surface area contributed by atoms with E-state index in [9.17, 15) is 0 Å². The first kappa shape index (κ1) is 31.7. The Hall–Kier alpha value is -6.76. The highest BCUT2D eigenvalue weighted by Gasteiger charge is 2.35. The molecule has 0 heterocycles. The Labute approximate surface area is 322 Å². The molecule has 0 unspecified atom stereocenters. The Morgan fingerprint density at radius 1 is 0.273 bits per heavy atom. The predicted octanol–water partition coefficient (Wildman–Crippen LogP) is 15.3. The van der Waals surface area contributed by atoms with E-state index in [1.165, 1.54) is 110 Å². The SMILES string of the molecule is CC1(C)c2ccccc2-c2ccc(-c3c4ccccc4c(-c4cccc(-c5ccc6ccccc6c5)c4)c4ccc(-c5ccc6ccccc6c5)cc34)cc21. The highest BCUT2D eigenvalue weighted by molar-refractivity contribution is 6.22. The summed E-state index contributed by atoms with van der Waals surface area (Å²) >= 11 is 0. The third-order valence-corrected chi connectivity index (χ3v) is 12.2. The molecule has 1 aliphatic rings. The van der Waals surface area contributed by atoms with Gasteiger partial charge in [-0.3, -0.25) is 0 Å². The molecule has 0 aromatic heterocycles. The standard InChI is InChI=1S/C55H38/c1-55(2)51-21-10-9-18-45(51)46-28-27-44(34-52(46)55)54-48-20-8-7-19-47(48)53(43-17-11-16-39(32-43)40-24-22-35-12-3-5-14-37(35)30-40)49-29-26-42(33-50(49)54)41-25-23-36-13-4-6-15-38(36)31-41/h3-34H,1-2H3. The third kappa shape index (κ3) is 4.99. The Bertz CT molecular complexity index is 3180. The summed E-state index contributed by atoms with van der Waals surface area (Å²) < 4.78 is 0. The van der Waals surface area contributed by atoms with Crippen molar-refractivity contribution in [1.82, 2.24) is 0 Å². The van der Waals surface area contributed by atoms with E-state index >= 15 is 0 Å². The van der Waals surface area contributed by atoms with Crippen LogP contribution < -0.4 is 0 Å². The third-order valence-electron chi connectivity index (χ3n) is 12.2. The Balaban J connectivity index is 1.18.